The molecule has 0 radical (unpaired) electrons. The first kappa shape index (κ1) is 18.4. The summed E-state index contributed by atoms with van der Waals surface area (Å²) in [4.78, 5) is 10.9. The molecule has 0 aromatic heterocycles. The fraction of sp³-hybridized carbons (Fsp3) is 0.917. The standard InChI is InChI=1S/C12H23F3O3Si/c1-7-11(14,9(16)17)12(15,8-13)18-19(5,6)10(2,3)4/h7-8H2,1-6H3,(H,16,17). The summed E-state index contributed by atoms with van der Waals surface area (Å²) in [5.74, 6) is -5.51. The van der Waals surface area contributed by atoms with Crippen molar-refractivity contribution >= 4 is 14.3 Å². The van der Waals surface area contributed by atoms with Crippen LogP contribution in [0.5, 0.6) is 0 Å². The van der Waals surface area contributed by atoms with E-state index in [0.29, 0.717) is 0 Å². The Bertz CT molecular complexity index is 344. The second-order valence-corrected chi connectivity index (χ2v) is 10.9. The maximum Gasteiger partial charge on any atom is 0.347 e. The first-order chi connectivity index (χ1) is 8.27. The molecular formula is C12H23F3O3Si. The molecule has 0 spiro atoms. The number of hydrogen-bond donors (Lipinski definition) is 1. The zero-order valence-electron chi connectivity index (χ0n) is 12.3. The minimum absolute atomic E-state index is 0.493. The van der Waals surface area contributed by atoms with Crippen molar-refractivity contribution in [2.75, 3.05) is 6.67 Å². The van der Waals surface area contributed by atoms with Crippen molar-refractivity contribution in [1.82, 2.24) is 0 Å². The molecule has 0 aromatic carbocycles. The number of aliphatic carboxylic acids is 1. The van der Waals surface area contributed by atoms with E-state index in [-0.39, 0.29) is 0 Å². The van der Waals surface area contributed by atoms with Gasteiger partial charge in [-0.05, 0) is 24.6 Å². The second kappa shape index (κ2) is 5.44. The number of carboxylic acid groups (broad SMARTS) is 1. The smallest absolute Gasteiger partial charge is 0.347 e. The van der Waals surface area contributed by atoms with Gasteiger partial charge in [0.25, 0.3) is 11.5 Å². The van der Waals surface area contributed by atoms with Crippen molar-refractivity contribution in [3.63, 3.8) is 0 Å². The van der Waals surface area contributed by atoms with Gasteiger partial charge in [-0.3, -0.25) is 0 Å². The molecule has 2 atom stereocenters. The SMILES string of the molecule is CCC(F)(C(=O)O)C(F)(CF)O[Si](C)(C)C(C)(C)C. The highest BCUT2D eigenvalue weighted by molar-refractivity contribution is 6.74. The Balaban J connectivity index is 5.59. The molecule has 0 aliphatic rings. The molecule has 0 amide bonds. The zero-order chi connectivity index (χ0) is 15.7. The number of rotatable bonds is 6. The number of carbonyl (C=O) groups is 1. The lowest BCUT2D eigenvalue weighted by atomic mass is 9.94. The van der Waals surface area contributed by atoms with Gasteiger partial charge in [0.1, 0.15) is 0 Å². The van der Waals surface area contributed by atoms with Gasteiger partial charge in [-0.25, -0.2) is 18.0 Å². The quantitative estimate of drug-likeness (QED) is 0.758. The van der Waals surface area contributed by atoms with Crippen molar-refractivity contribution in [2.45, 2.75) is 63.8 Å². The van der Waals surface area contributed by atoms with Crippen molar-refractivity contribution in [3.8, 4) is 0 Å². The van der Waals surface area contributed by atoms with Crippen molar-refractivity contribution in [1.29, 1.82) is 0 Å². The van der Waals surface area contributed by atoms with Gasteiger partial charge >= 0.3 is 5.97 Å². The zero-order valence-corrected chi connectivity index (χ0v) is 13.3. The molecule has 2 unspecified atom stereocenters. The maximum absolute atomic E-state index is 14.5. The monoisotopic (exact) mass is 300 g/mol. The van der Waals surface area contributed by atoms with Gasteiger partial charge in [-0.15, -0.1) is 0 Å². The second-order valence-electron chi connectivity index (χ2n) is 6.18. The molecule has 0 heterocycles. The summed E-state index contributed by atoms with van der Waals surface area (Å²) in [7, 11) is -2.85. The molecule has 0 saturated carbocycles. The Labute approximate surface area is 113 Å². The Morgan fingerprint density at radius 3 is 1.89 bits per heavy atom. The van der Waals surface area contributed by atoms with Crippen LogP contribution in [0.2, 0.25) is 18.1 Å². The summed E-state index contributed by atoms with van der Waals surface area (Å²) >= 11 is 0. The van der Waals surface area contributed by atoms with Crippen LogP contribution in [-0.4, -0.2) is 37.6 Å². The molecule has 7 heteroatoms. The maximum atomic E-state index is 14.5. The van der Waals surface area contributed by atoms with Crippen LogP contribution in [-0.2, 0) is 9.22 Å². The average molecular weight is 300 g/mol. The van der Waals surface area contributed by atoms with E-state index in [4.69, 9.17) is 9.53 Å². The molecule has 0 rings (SSSR count). The van der Waals surface area contributed by atoms with Crippen LogP contribution >= 0.6 is 0 Å². The fourth-order valence-corrected chi connectivity index (χ4v) is 2.68. The molecule has 0 bridgehead atoms. The lowest BCUT2D eigenvalue weighted by molar-refractivity contribution is -0.211. The topological polar surface area (TPSA) is 46.5 Å². The number of alkyl halides is 3. The van der Waals surface area contributed by atoms with E-state index in [9.17, 15) is 18.0 Å². The molecule has 3 nitrogen and oxygen atoms in total. The van der Waals surface area contributed by atoms with Crippen LogP contribution < -0.4 is 0 Å². The third-order valence-electron chi connectivity index (χ3n) is 3.81. The van der Waals surface area contributed by atoms with Gasteiger partial charge in [0.05, 0.1) is 0 Å². The molecule has 0 saturated heterocycles. The average Bonchev–Trinajstić information content (AvgIpc) is 2.25. The van der Waals surface area contributed by atoms with Gasteiger partial charge in [0, 0.05) is 0 Å². The number of hydrogen-bond acceptors (Lipinski definition) is 2. The van der Waals surface area contributed by atoms with Crippen LogP contribution in [0.1, 0.15) is 34.1 Å². The van der Waals surface area contributed by atoms with E-state index in [1.54, 1.807) is 33.9 Å². The Morgan fingerprint density at radius 2 is 1.68 bits per heavy atom. The summed E-state index contributed by atoms with van der Waals surface area (Å²) in [5, 5.41) is 8.36. The van der Waals surface area contributed by atoms with E-state index < -0.39 is 43.9 Å². The Hall–Kier alpha value is -0.563. The fourth-order valence-electron chi connectivity index (χ4n) is 1.35. The molecule has 114 valence electrons. The predicted octanol–water partition coefficient (Wildman–Crippen LogP) is 3.85. The van der Waals surface area contributed by atoms with E-state index in [1.807, 2.05) is 0 Å². The van der Waals surface area contributed by atoms with Gasteiger partial charge in [0.2, 0.25) is 0 Å². The van der Waals surface area contributed by atoms with Gasteiger partial charge < -0.3 is 9.53 Å². The highest BCUT2D eigenvalue weighted by Gasteiger charge is 2.62. The largest absolute Gasteiger partial charge is 0.479 e. The summed E-state index contributed by atoms with van der Waals surface area (Å²) in [5.41, 5.74) is -3.39. The van der Waals surface area contributed by atoms with Gasteiger partial charge in [0.15, 0.2) is 15.0 Å². The van der Waals surface area contributed by atoms with Crippen LogP contribution in [0.15, 0.2) is 0 Å². The van der Waals surface area contributed by atoms with E-state index in [2.05, 4.69) is 0 Å². The van der Waals surface area contributed by atoms with Crippen molar-refractivity contribution in [2.24, 2.45) is 0 Å². The van der Waals surface area contributed by atoms with Crippen molar-refractivity contribution < 1.29 is 27.5 Å². The van der Waals surface area contributed by atoms with Crippen LogP contribution in [0.3, 0.4) is 0 Å². The molecule has 0 aromatic rings. The highest BCUT2D eigenvalue weighted by Crippen LogP contribution is 2.44. The Morgan fingerprint density at radius 1 is 1.26 bits per heavy atom. The van der Waals surface area contributed by atoms with E-state index in [0.717, 1.165) is 6.92 Å². The minimum Gasteiger partial charge on any atom is -0.479 e. The lowest BCUT2D eigenvalue weighted by Crippen LogP contribution is -2.61. The third kappa shape index (κ3) is 3.31. The molecule has 0 fully saturated rings. The molecule has 1 N–H and O–H groups in total. The van der Waals surface area contributed by atoms with Gasteiger partial charge in [-0.1, -0.05) is 27.7 Å². The Kier molecular flexibility index (Phi) is 5.28. The first-order valence-corrected chi connectivity index (χ1v) is 9.05. The first-order valence-electron chi connectivity index (χ1n) is 6.15. The summed E-state index contributed by atoms with van der Waals surface area (Å²) in [6.45, 7) is 7.83. The van der Waals surface area contributed by atoms with Crippen LogP contribution in [0.25, 0.3) is 0 Å². The molecular weight excluding hydrogens is 277 g/mol. The number of carboxylic acids is 1. The summed E-state index contributed by atoms with van der Waals surface area (Å²) < 4.78 is 46.9. The molecule has 19 heavy (non-hydrogen) atoms. The normalized spacial score (nSPS) is 19.6. The highest BCUT2D eigenvalue weighted by atomic mass is 28.4. The third-order valence-corrected chi connectivity index (χ3v) is 8.26. The summed E-state index contributed by atoms with van der Waals surface area (Å²) in [6, 6.07) is 0. The molecule has 0 aliphatic carbocycles. The van der Waals surface area contributed by atoms with Crippen LogP contribution in [0, 0.1) is 0 Å². The predicted molar refractivity (Wildman–Crippen MR) is 69.9 cm³/mol. The van der Waals surface area contributed by atoms with E-state index >= 15 is 0 Å². The molecule has 0 aliphatic heterocycles. The van der Waals surface area contributed by atoms with Gasteiger partial charge in [-0.2, -0.15) is 0 Å². The van der Waals surface area contributed by atoms with E-state index in [1.165, 1.54) is 0 Å². The summed E-state index contributed by atoms with van der Waals surface area (Å²) in [6.07, 6.45) is -0.711. The minimum atomic E-state index is -3.46. The number of halogens is 3. The lowest BCUT2D eigenvalue weighted by Gasteiger charge is -2.44. The van der Waals surface area contributed by atoms with Crippen LogP contribution in [0.4, 0.5) is 13.2 Å². The van der Waals surface area contributed by atoms with Crippen molar-refractivity contribution in [3.05, 3.63) is 0 Å².